The van der Waals surface area contributed by atoms with Gasteiger partial charge in [-0.15, -0.1) is 0 Å². The number of piperidine rings is 1. The van der Waals surface area contributed by atoms with Crippen LogP contribution in [0.2, 0.25) is 0 Å². The van der Waals surface area contributed by atoms with E-state index in [2.05, 4.69) is 6.92 Å². The van der Waals surface area contributed by atoms with E-state index in [0.717, 1.165) is 25.4 Å². The van der Waals surface area contributed by atoms with Gasteiger partial charge in [0.1, 0.15) is 0 Å². The summed E-state index contributed by atoms with van der Waals surface area (Å²) in [6.45, 7) is 4.01. The van der Waals surface area contributed by atoms with Gasteiger partial charge in [-0.2, -0.15) is 0 Å². The van der Waals surface area contributed by atoms with E-state index in [1.807, 2.05) is 4.90 Å². The van der Waals surface area contributed by atoms with Crippen LogP contribution in [0.25, 0.3) is 0 Å². The summed E-state index contributed by atoms with van der Waals surface area (Å²) in [6.07, 6.45) is 3.61. The number of hydrogen-bond acceptors (Lipinski definition) is 1. The summed E-state index contributed by atoms with van der Waals surface area (Å²) in [7, 11) is 0. The van der Waals surface area contributed by atoms with Crippen molar-refractivity contribution in [3.63, 3.8) is 0 Å². The van der Waals surface area contributed by atoms with Crippen molar-refractivity contribution in [3.8, 4) is 0 Å². The molecule has 0 radical (unpaired) electrons. The minimum absolute atomic E-state index is 0.397. The molecule has 2 bridgehead atoms. The minimum atomic E-state index is 0.397. The number of carbonyl (C=O) groups excluding carboxylic acids is 1. The van der Waals surface area contributed by atoms with Crippen molar-refractivity contribution in [3.05, 3.63) is 0 Å². The van der Waals surface area contributed by atoms with Gasteiger partial charge in [0.25, 0.3) is 0 Å². The average molecular weight is 153 g/mol. The molecule has 1 aliphatic heterocycles. The molecule has 62 valence electrons. The van der Waals surface area contributed by atoms with Gasteiger partial charge in [-0.05, 0) is 32.1 Å². The van der Waals surface area contributed by atoms with Crippen molar-refractivity contribution in [2.45, 2.75) is 26.2 Å². The highest BCUT2D eigenvalue weighted by atomic mass is 16.2. The highest BCUT2D eigenvalue weighted by molar-refractivity contribution is 5.80. The van der Waals surface area contributed by atoms with Crippen molar-refractivity contribution in [1.82, 2.24) is 4.90 Å². The van der Waals surface area contributed by atoms with Crippen LogP contribution in [0, 0.1) is 11.8 Å². The standard InChI is InChI=1S/C9H15NO/c1-2-10-6-7-3-4-8(5-7)9(10)11/h7-8H,2-6H2,1H3. The van der Waals surface area contributed by atoms with Crippen molar-refractivity contribution < 1.29 is 4.79 Å². The number of nitrogens with zero attached hydrogens (tertiary/aromatic N) is 1. The zero-order valence-corrected chi connectivity index (χ0v) is 7.05. The lowest BCUT2D eigenvalue weighted by molar-refractivity contribution is -0.137. The molecule has 2 unspecified atom stereocenters. The second-order valence-electron chi connectivity index (χ2n) is 3.75. The van der Waals surface area contributed by atoms with E-state index in [9.17, 15) is 4.79 Å². The molecular formula is C9H15NO. The third-order valence-corrected chi connectivity index (χ3v) is 3.06. The fourth-order valence-corrected chi connectivity index (χ4v) is 2.41. The first-order chi connectivity index (χ1) is 5.31. The van der Waals surface area contributed by atoms with Gasteiger partial charge in [0.15, 0.2) is 0 Å². The molecule has 2 fully saturated rings. The molecule has 2 aliphatic rings. The van der Waals surface area contributed by atoms with Crippen molar-refractivity contribution in [2.75, 3.05) is 13.1 Å². The van der Waals surface area contributed by atoms with Crippen LogP contribution in [-0.4, -0.2) is 23.9 Å². The van der Waals surface area contributed by atoms with Crippen LogP contribution >= 0.6 is 0 Å². The normalized spacial score (nSPS) is 36.5. The maximum atomic E-state index is 11.5. The lowest BCUT2D eigenvalue weighted by Crippen LogP contribution is -2.41. The summed E-state index contributed by atoms with van der Waals surface area (Å²) < 4.78 is 0. The average Bonchev–Trinajstić information content (AvgIpc) is 2.42. The highest BCUT2D eigenvalue weighted by Crippen LogP contribution is 2.36. The molecule has 2 atom stereocenters. The van der Waals surface area contributed by atoms with E-state index in [1.54, 1.807) is 0 Å². The molecular weight excluding hydrogens is 138 g/mol. The summed E-state index contributed by atoms with van der Waals surface area (Å²) in [5.74, 6) is 1.65. The molecule has 2 nitrogen and oxygen atoms in total. The first-order valence-electron chi connectivity index (χ1n) is 4.60. The maximum Gasteiger partial charge on any atom is 0.225 e. The molecule has 1 amide bonds. The molecule has 2 heteroatoms. The topological polar surface area (TPSA) is 20.3 Å². The lowest BCUT2D eigenvalue weighted by atomic mass is 9.98. The smallest absolute Gasteiger partial charge is 0.225 e. The van der Waals surface area contributed by atoms with Crippen molar-refractivity contribution in [2.24, 2.45) is 11.8 Å². The number of fused-ring (bicyclic) bond motifs is 2. The Balaban J connectivity index is 2.12. The molecule has 0 aromatic rings. The number of hydrogen-bond donors (Lipinski definition) is 0. The summed E-state index contributed by atoms with van der Waals surface area (Å²) in [5.41, 5.74) is 0. The quantitative estimate of drug-likeness (QED) is 0.555. The molecule has 0 spiro atoms. The summed E-state index contributed by atoms with van der Waals surface area (Å²) >= 11 is 0. The van der Waals surface area contributed by atoms with Gasteiger partial charge in [0.05, 0.1) is 0 Å². The maximum absolute atomic E-state index is 11.5. The summed E-state index contributed by atoms with van der Waals surface area (Å²) in [5, 5.41) is 0. The third kappa shape index (κ3) is 1.05. The van der Waals surface area contributed by atoms with Crippen molar-refractivity contribution in [1.29, 1.82) is 0 Å². The molecule has 1 saturated heterocycles. The Hall–Kier alpha value is -0.530. The van der Waals surface area contributed by atoms with Gasteiger partial charge < -0.3 is 4.90 Å². The van der Waals surface area contributed by atoms with Gasteiger partial charge in [0, 0.05) is 19.0 Å². The van der Waals surface area contributed by atoms with Crippen molar-refractivity contribution >= 4 is 5.91 Å². The first kappa shape index (κ1) is 7.14. The Morgan fingerprint density at radius 3 is 3.09 bits per heavy atom. The molecule has 11 heavy (non-hydrogen) atoms. The fraction of sp³-hybridized carbons (Fsp3) is 0.889. The van der Waals surface area contributed by atoms with Crippen LogP contribution in [-0.2, 0) is 4.79 Å². The largest absolute Gasteiger partial charge is 0.342 e. The Kier molecular flexibility index (Phi) is 1.63. The summed E-state index contributed by atoms with van der Waals surface area (Å²) in [4.78, 5) is 13.6. The van der Waals surface area contributed by atoms with Crippen LogP contribution in [0.15, 0.2) is 0 Å². The number of rotatable bonds is 1. The minimum Gasteiger partial charge on any atom is -0.342 e. The second-order valence-corrected chi connectivity index (χ2v) is 3.75. The van der Waals surface area contributed by atoms with Crippen LogP contribution in [0.4, 0.5) is 0 Å². The van der Waals surface area contributed by atoms with Gasteiger partial charge in [0.2, 0.25) is 5.91 Å². The van der Waals surface area contributed by atoms with E-state index in [4.69, 9.17) is 0 Å². The third-order valence-electron chi connectivity index (χ3n) is 3.06. The molecule has 2 rings (SSSR count). The van der Waals surface area contributed by atoms with E-state index >= 15 is 0 Å². The van der Waals surface area contributed by atoms with Gasteiger partial charge in [-0.3, -0.25) is 4.79 Å². The fourth-order valence-electron chi connectivity index (χ4n) is 2.41. The molecule has 1 aliphatic carbocycles. The van der Waals surface area contributed by atoms with Gasteiger partial charge >= 0.3 is 0 Å². The SMILES string of the molecule is CCN1CC2CCC(C2)C1=O. The van der Waals surface area contributed by atoms with Gasteiger partial charge in [-0.25, -0.2) is 0 Å². The van der Waals surface area contributed by atoms with E-state index in [-0.39, 0.29) is 0 Å². The second kappa shape index (κ2) is 2.50. The predicted molar refractivity (Wildman–Crippen MR) is 43.1 cm³/mol. The Morgan fingerprint density at radius 1 is 1.55 bits per heavy atom. The molecule has 1 saturated carbocycles. The van der Waals surface area contributed by atoms with E-state index in [1.165, 1.54) is 12.8 Å². The number of likely N-dealkylation sites (tertiary alicyclic amines) is 1. The van der Waals surface area contributed by atoms with Gasteiger partial charge in [-0.1, -0.05) is 0 Å². The zero-order chi connectivity index (χ0) is 7.84. The molecule has 0 aromatic carbocycles. The first-order valence-corrected chi connectivity index (χ1v) is 4.60. The number of carbonyl (C=O) groups is 1. The summed E-state index contributed by atoms with van der Waals surface area (Å²) in [6, 6.07) is 0. The highest BCUT2D eigenvalue weighted by Gasteiger charge is 2.38. The Labute approximate surface area is 67.6 Å². The van der Waals surface area contributed by atoms with E-state index < -0.39 is 0 Å². The van der Waals surface area contributed by atoms with E-state index in [0.29, 0.717) is 11.8 Å². The molecule has 0 aromatic heterocycles. The predicted octanol–water partition coefficient (Wildman–Crippen LogP) is 1.26. The lowest BCUT2D eigenvalue weighted by Gasteiger charge is -2.30. The monoisotopic (exact) mass is 153 g/mol. The Bertz CT molecular complexity index is 178. The zero-order valence-electron chi connectivity index (χ0n) is 7.05. The van der Waals surface area contributed by atoms with Crippen LogP contribution < -0.4 is 0 Å². The van der Waals surface area contributed by atoms with Crippen LogP contribution in [0.3, 0.4) is 0 Å². The Morgan fingerprint density at radius 2 is 2.36 bits per heavy atom. The number of amides is 1. The molecule has 1 heterocycles. The van der Waals surface area contributed by atoms with Crippen LogP contribution in [0.1, 0.15) is 26.2 Å². The molecule has 0 N–H and O–H groups in total. The van der Waals surface area contributed by atoms with Crippen LogP contribution in [0.5, 0.6) is 0 Å².